The molecule has 1 amide bonds. The minimum Gasteiger partial charge on any atom is -0.478 e. The van der Waals surface area contributed by atoms with Gasteiger partial charge in [-0.15, -0.1) is 0 Å². The fraction of sp³-hybridized carbons (Fsp3) is 0.467. The highest BCUT2D eigenvalue weighted by Gasteiger charge is 2.24. The lowest BCUT2D eigenvalue weighted by atomic mass is 10.1. The second kappa shape index (κ2) is 6.47. The molecule has 0 aliphatic carbocycles. The summed E-state index contributed by atoms with van der Waals surface area (Å²) in [6, 6.07) is 5.30. The number of rotatable bonds is 3. The van der Waals surface area contributed by atoms with Crippen molar-refractivity contribution < 1.29 is 19.4 Å². The number of amides is 1. The Morgan fingerprint density at radius 2 is 1.90 bits per heavy atom. The van der Waals surface area contributed by atoms with Gasteiger partial charge < -0.3 is 19.6 Å². The molecule has 0 atom stereocenters. The zero-order valence-corrected chi connectivity index (χ0v) is 12.3. The van der Waals surface area contributed by atoms with Crippen molar-refractivity contribution in [1.29, 1.82) is 0 Å². The summed E-state index contributed by atoms with van der Waals surface area (Å²) >= 11 is 0. The smallest absolute Gasteiger partial charge is 0.409 e. The van der Waals surface area contributed by atoms with Crippen LogP contribution in [0.2, 0.25) is 0 Å². The summed E-state index contributed by atoms with van der Waals surface area (Å²) in [6.45, 7) is 6.34. The van der Waals surface area contributed by atoms with Crippen molar-refractivity contribution in [2.24, 2.45) is 0 Å². The van der Waals surface area contributed by atoms with Crippen molar-refractivity contribution in [1.82, 2.24) is 4.90 Å². The van der Waals surface area contributed by atoms with E-state index in [-0.39, 0.29) is 6.09 Å². The first-order valence-electron chi connectivity index (χ1n) is 7.03. The van der Waals surface area contributed by atoms with Gasteiger partial charge in [0.25, 0.3) is 0 Å². The van der Waals surface area contributed by atoms with Gasteiger partial charge in [-0.1, -0.05) is 6.07 Å². The first kappa shape index (κ1) is 15.2. The molecule has 0 spiro atoms. The highest BCUT2D eigenvalue weighted by Crippen LogP contribution is 2.24. The molecule has 0 bridgehead atoms. The third kappa shape index (κ3) is 3.45. The summed E-state index contributed by atoms with van der Waals surface area (Å²) in [4.78, 5) is 26.6. The van der Waals surface area contributed by atoms with E-state index in [2.05, 4.69) is 0 Å². The molecule has 1 aromatic carbocycles. The highest BCUT2D eigenvalue weighted by atomic mass is 16.6. The molecule has 1 saturated heterocycles. The molecule has 114 valence electrons. The molecule has 0 unspecified atom stereocenters. The van der Waals surface area contributed by atoms with E-state index in [1.807, 2.05) is 17.9 Å². The van der Waals surface area contributed by atoms with Gasteiger partial charge in [0, 0.05) is 26.2 Å². The molecule has 2 rings (SSSR count). The van der Waals surface area contributed by atoms with Gasteiger partial charge >= 0.3 is 12.1 Å². The number of hydrogen-bond acceptors (Lipinski definition) is 4. The van der Waals surface area contributed by atoms with Crippen LogP contribution in [0.4, 0.5) is 10.5 Å². The molecule has 1 aliphatic rings. The molecule has 1 N–H and O–H groups in total. The van der Waals surface area contributed by atoms with E-state index in [1.54, 1.807) is 24.0 Å². The number of piperazine rings is 1. The maximum Gasteiger partial charge on any atom is 0.409 e. The third-order valence-electron chi connectivity index (χ3n) is 3.53. The van der Waals surface area contributed by atoms with Gasteiger partial charge in [-0.05, 0) is 31.5 Å². The number of carbonyl (C=O) groups excluding carboxylic acids is 1. The zero-order chi connectivity index (χ0) is 15.4. The number of hydrogen-bond donors (Lipinski definition) is 1. The number of nitrogens with zero attached hydrogens (tertiary/aromatic N) is 2. The summed E-state index contributed by atoms with van der Waals surface area (Å²) in [5, 5.41) is 9.29. The number of carboxylic acids is 1. The Balaban J connectivity index is 2.10. The van der Waals surface area contributed by atoms with Crippen LogP contribution in [-0.4, -0.2) is 54.9 Å². The van der Waals surface area contributed by atoms with Crippen molar-refractivity contribution >= 4 is 17.7 Å². The van der Waals surface area contributed by atoms with Crippen LogP contribution in [0.15, 0.2) is 18.2 Å². The Hall–Kier alpha value is -2.24. The average molecular weight is 292 g/mol. The number of benzene rings is 1. The van der Waals surface area contributed by atoms with Gasteiger partial charge in [-0.3, -0.25) is 0 Å². The number of carboxylic acid groups (broad SMARTS) is 1. The van der Waals surface area contributed by atoms with Crippen LogP contribution in [0.5, 0.6) is 0 Å². The summed E-state index contributed by atoms with van der Waals surface area (Å²) in [5.41, 5.74) is 2.03. The minimum absolute atomic E-state index is 0.296. The molecule has 1 fully saturated rings. The third-order valence-corrected chi connectivity index (χ3v) is 3.53. The quantitative estimate of drug-likeness (QED) is 0.922. The molecule has 1 aliphatic heterocycles. The Labute approximate surface area is 123 Å². The lowest BCUT2D eigenvalue weighted by molar-refractivity contribution is 0.0696. The predicted molar refractivity (Wildman–Crippen MR) is 78.9 cm³/mol. The average Bonchev–Trinajstić information content (AvgIpc) is 2.47. The molecular weight excluding hydrogens is 272 g/mol. The molecule has 0 aromatic heterocycles. The van der Waals surface area contributed by atoms with Crippen molar-refractivity contribution in [2.45, 2.75) is 13.8 Å². The van der Waals surface area contributed by atoms with Crippen molar-refractivity contribution in [3.8, 4) is 0 Å². The van der Waals surface area contributed by atoms with E-state index in [9.17, 15) is 14.7 Å². The van der Waals surface area contributed by atoms with Crippen LogP contribution >= 0.6 is 0 Å². The minimum atomic E-state index is -0.933. The van der Waals surface area contributed by atoms with Gasteiger partial charge in [0.2, 0.25) is 0 Å². The lowest BCUT2D eigenvalue weighted by Gasteiger charge is -2.36. The Bertz CT molecular complexity index is 536. The Morgan fingerprint density at radius 3 is 2.48 bits per heavy atom. The molecule has 0 radical (unpaired) electrons. The van der Waals surface area contributed by atoms with Crippen LogP contribution in [0, 0.1) is 6.92 Å². The van der Waals surface area contributed by atoms with E-state index < -0.39 is 5.97 Å². The number of aromatic carboxylic acids is 1. The fourth-order valence-electron chi connectivity index (χ4n) is 2.43. The fourth-order valence-corrected chi connectivity index (χ4v) is 2.43. The van der Waals surface area contributed by atoms with Gasteiger partial charge in [0.05, 0.1) is 17.9 Å². The Kier molecular flexibility index (Phi) is 4.67. The summed E-state index contributed by atoms with van der Waals surface area (Å²) in [6.07, 6.45) is -0.306. The van der Waals surface area contributed by atoms with Crippen LogP contribution in [0.25, 0.3) is 0 Å². The number of anilines is 1. The predicted octanol–water partition coefficient (Wildman–Crippen LogP) is 1.97. The standard InChI is InChI=1S/C15H20N2O4/c1-3-21-15(20)17-8-6-16(7-9-17)13-10-11(2)4-5-12(13)14(18)19/h4-5,10H,3,6-9H2,1-2H3,(H,18,19). The molecule has 21 heavy (non-hydrogen) atoms. The van der Waals surface area contributed by atoms with E-state index in [4.69, 9.17) is 4.74 Å². The van der Waals surface area contributed by atoms with Gasteiger partial charge in [-0.25, -0.2) is 9.59 Å². The lowest BCUT2D eigenvalue weighted by Crippen LogP contribution is -2.49. The highest BCUT2D eigenvalue weighted by molar-refractivity contribution is 5.94. The maximum absolute atomic E-state index is 11.7. The van der Waals surface area contributed by atoms with Crippen molar-refractivity contribution in [3.05, 3.63) is 29.3 Å². The van der Waals surface area contributed by atoms with Crippen molar-refractivity contribution in [2.75, 3.05) is 37.7 Å². The SMILES string of the molecule is CCOC(=O)N1CCN(c2cc(C)ccc2C(=O)O)CC1. The molecule has 1 aromatic rings. The van der Waals surface area contributed by atoms with Crippen LogP contribution in [0.3, 0.4) is 0 Å². The molecule has 0 saturated carbocycles. The second-order valence-corrected chi connectivity index (χ2v) is 5.00. The number of ether oxygens (including phenoxy) is 1. The summed E-state index contributed by atoms with van der Waals surface area (Å²) in [5.74, 6) is -0.933. The molecule has 6 heteroatoms. The van der Waals surface area contributed by atoms with E-state index >= 15 is 0 Å². The van der Waals surface area contributed by atoms with Gasteiger partial charge in [0.15, 0.2) is 0 Å². The van der Waals surface area contributed by atoms with Crippen molar-refractivity contribution in [3.63, 3.8) is 0 Å². The van der Waals surface area contributed by atoms with Gasteiger partial charge in [-0.2, -0.15) is 0 Å². The number of carbonyl (C=O) groups is 2. The largest absolute Gasteiger partial charge is 0.478 e. The molecule has 1 heterocycles. The normalized spacial score (nSPS) is 15.0. The van der Waals surface area contributed by atoms with Crippen LogP contribution < -0.4 is 4.90 Å². The first-order chi connectivity index (χ1) is 10.0. The maximum atomic E-state index is 11.7. The Morgan fingerprint density at radius 1 is 1.24 bits per heavy atom. The summed E-state index contributed by atoms with van der Waals surface area (Å²) < 4.78 is 4.98. The molecular formula is C15H20N2O4. The van der Waals surface area contributed by atoms with E-state index in [1.165, 1.54) is 0 Å². The monoisotopic (exact) mass is 292 g/mol. The first-order valence-corrected chi connectivity index (χ1v) is 7.03. The van der Waals surface area contributed by atoms with E-state index in [0.29, 0.717) is 44.0 Å². The topological polar surface area (TPSA) is 70.1 Å². The second-order valence-electron chi connectivity index (χ2n) is 5.00. The van der Waals surface area contributed by atoms with Gasteiger partial charge in [0.1, 0.15) is 0 Å². The van der Waals surface area contributed by atoms with E-state index in [0.717, 1.165) is 5.56 Å². The molecule has 6 nitrogen and oxygen atoms in total. The zero-order valence-electron chi connectivity index (χ0n) is 12.3. The van der Waals surface area contributed by atoms with Crippen LogP contribution in [-0.2, 0) is 4.74 Å². The number of aryl methyl sites for hydroxylation is 1. The summed E-state index contributed by atoms with van der Waals surface area (Å²) in [7, 11) is 0. The van der Waals surface area contributed by atoms with Crippen LogP contribution in [0.1, 0.15) is 22.8 Å².